The van der Waals surface area contributed by atoms with Crippen molar-refractivity contribution in [2.24, 2.45) is 0 Å². The number of carboxylic acid groups (broad SMARTS) is 1. The van der Waals surface area contributed by atoms with Crippen molar-refractivity contribution in [1.82, 2.24) is 0 Å². The number of carboxylic acids is 1. The Labute approximate surface area is 249 Å². The van der Waals surface area contributed by atoms with E-state index in [0.717, 1.165) is 43.5 Å². The Morgan fingerprint density at radius 3 is 1.95 bits per heavy atom. The molecule has 0 fully saturated rings. The fraction of sp³-hybridized carbons (Fsp3) is 0.562. The zero-order chi connectivity index (χ0) is 30.7. The highest BCUT2D eigenvalue weighted by Crippen LogP contribution is 2.48. The van der Waals surface area contributed by atoms with Gasteiger partial charge in [0, 0.05) is 36.8 Å². The summed E-state index contributed by atoms with van der Waals surface area (Å²) < 4.78 is 34.5. The van der Waals surface area contributed by atoms with Crippen molar-refractivity contribution in [2.45, 2.75) is 57.4 Å². The van der Waals surface area contributed by atoms with Crippen LogP contribution in [-0.4, -0.2) is 83.8 Å². The summed E-state index contributed by atoms with van der Waals surface area (Å²) in [7, 11) is 10.3. The normalized spacial score (nSPS) is 17.6. The summed E-state index contributed by atoms with van der Waals surface area (Å²) in [4.78, 5) is 22.9. The molecule has 1 N–H and O–H groups in total. The van der Waals surface area contributed by atoms with Crippen LogP contribution in [0.1, 0.15) is 67.7 Å². The van der Waals surface area contributed by atoms with E-state index in [1.807, 2.05) is 12.1 Å². The van der Waals surface area contributed by atoms with Crippen LogP contribution in [0.2, 0.25) is 0 Å². The van der Waals surface area contributed by atoms with Gasteiger partial charge in [-0.15, -0.1) is 0 Å². The Kier molecular flexibility index (Phi) is 12.2. The van der Waals surface area contributed by atoms with Crippen molar-refractivity contribution in [2.75, 3.05) is 62.3 Å². The molecule has 232 valence electrons. The number of hydrogen-bond donors (Lipinski definition) is 1. The Morgan fingerprint density at radius 2 is 1.38 bits per heavy atom. The molecule has 10 heteroatoms. The average molecular weight is 589 g/mol. The first-order valence-corrected chi connectivity index (χ1v) is 14.5. The van der Waals surface area contributed by atoms with Gasteiger partial charge < -0.3 is 38.0 Å². The third kappa shape index (κ3) is 8.00. The van der Waals surface area contributed by atoms with E-state index >= 15 is 0 Å². The summed E-state index contributed by atoms with van der Waals surface area (Å²) in [6.45, 7) is 1.98. The lowest BCUT2D eigenvalue weighted by atomic mass is 9.85. The third-order valence-corrected chi connectivity index (χ3v) is 8.06. The Bertz CT molecular complexity index is 1190. The zero-order valence-corrected chi connectivity index (χ0v) is 25.8. The number of carbonyl (C=O) groups is 2. The maximum Gasteiger partial charge on any atom is 0.305 e. The van der Waals surface area contributed by atoms with Gasteiger partial charge in [0.1, 0.15) is 6.04 Å². The highest BCUT2D eigenvalue weighted by Gasteiger charge is 2.41. The van der Waals surface area contributed by atoms with E-state index in [0.29, 0.717) is 65.5 Å². The molecule has 42 heavy (non-hydrogen) atoms. The number of quaternary nitrogens is 1. The van der Waals surface area contributed by atoms with Gasteiger partial charge in [-0.2, -0.15) is 0 Å². The molecule has 10 nitrogen and oxygen atoms in total. The highest BCUT2D eigenvalue weighted by atomic mass is 16.5. The Balaban J connectivity index is 1.80. The number of likely N-dealkylation sites (N-methyl/N-ethyl adjacent to an activating group) is 1. The summed E-state index contributed by atoms with van der Waals surface area (Å²) in [6, 6.07) is 8.05. The molecular weight excluding hydrogens is 542 g/mol. The fourth-order valence-electron chi connectivity index (χ4n) is 5.87. The molecule has 1 aliphatic rings. The van der Waals surface area contributed by atoms with E-state index in [4.69, 9.17) is 33.5 Å². The lowest BCUT2D eigenvalue weighted by Gasteiger charge is -2.46. The van der Waals surface area contributed by atoms with E-state index < -0.39 is 5.97 Å². The van der Waals surface area contributed by atoms with Crippen molar-refractivity contribution in [3.63, 3.8) is 0 Å². The topological polar surface area (TPSA) is 110 Å². The van der Waals surface area contributed by atoms with Crippen LogP contribution in [0.25, 0.3) is 0 Å². The maximum atomic E-state index is 12.3. The molecule has 0 aromatic heterocycles. The molecule has 3 rings (SSSR count). The molecule has 0 spiro atoms. The standard InChI is InChI=1S/C32H45NO9/c1-33(15-11-17-42-30(36)13-10-8-7-9-12-29(34)35)16-14-22-18-25(37-2)26(38-3)21-24(22)31(33)23-19-27(39-4)32(41-6)28(20-23)40-5/h18-21,31H,7-17H2,1-6H3/p+1/t31-,33-/m1/s1. The van der Waals surface area contributed by atoms with Crippen LogP contribution in [0.3, 0.4) is 0 Å². The quantitative estimate of drug-likeness (QED) is 0.152. The summed E-state index contributed by atoms with van der Waals surface area (Å²) in [6.07, 6.45) is 5.04. The molecule has 1 aliphatic heterocycles. The molecule has 0 radical (unpaired) electrons. The van der Waals surface area contributed by atoms with Gasteiger partial charge in [-0.05, 0) is 42.7 Å². The van der Waals surface area contributed by atoms with Gasteiger partial charge in [-0.25, -0.2) is 0 Å². The minimum atomic E-state index is -0.783. The minimum Gasteiger partial charge on any atom is -0.493 e. The second-order valence-corrected chi connectivity index (χ2v) is 10.8. The number of fused-ring (bicyclic) bond motifs is 1. The number of nitrogens with zero attached hydrogens (tertiary/aromatic N) is 1. The number of rotatable bonds is 17. The molecular formula is C32H46NO9+. The predicted molar refractivity (Wildman–Crippen MR) is 158 cm³/mol. The van der Waals surface area contributed by atoms with Gasteiger partial charge in [0.15, 0.2) is 23.0 Å². The van der Waals surface area contributed by atoms with Gasteiger partial charge in [0.05, 0.1) is 62.3 Å². The van der Waals surface area contributed by atoms with Crippen LogP contribution >= 0.6 is 0 Å². The summed E-state index contributed by atoms with van der Waals surface area (Å²) in [5, 5.41) is 8.73. The van der Waals surface area contributed by atoms with E-state index in [2.05, 4.69) is 19.2 Å². The van der Waals surface area contributed by atoms with Gasteiger partial charge >= 0.3 is 11.9 Å². The number of hydrogen-bond acceptors (Lipinski definition) is 8. The van der Waals surface area contributed by atoms with Gasteiger partial charge in [-0.1, -0.05) is 12.8 Å². The van der Waals surface area contributed by atoms with Crippen LogP contribution in [-0.2, 0) is 20.7 Å². The van der Waals surface area contributed by atoms with Crippen molar-refractivity contribution < 1.29 is 47.6 Å². The average Bonchev–Trinajstić information content (AvgIpc) is 2.99. The van der Waals surface area contributed by atoms with Crippen LogP contribution in [0, 0.1) is 0 Å². The molecule has 0 bridgehead atoms. The van der Waals surface area contributed by atoms with Gasteiger partial charge in [0.25, 0.3) is 0 Å². The van der Waals surface area contributed by atoms with E-state index in [1.165, 1.54) is 5.56 Å². The molecule has 0 aliphatic carbocycles. The molecule has 0 saturated heterocycles. The monoisotopic (exact) mass is 588 g/mol. The van der Waals surface area contributed by atoms with Crippen molar-refractivity contribution in [1.29, 1.82) is 0 Å². The van der Waals surface area contributed by atoms with Crippen LogP contribution in [0.4, 0.5) is 0 Å². The maximum absolute atomic E-state index is 12.3. The molecule has 2 aromatic rings. The van der Waals surface area contributed by atoms with E-state index in [1.54, 1.807) is 35.5 Å². The second-order valence-electron chi connectivity index (χ2n) is 10.8. The van der Waals surface area contributed by atoms with Crippen molar-refractivity contribution >= 4 is 11.9 Å². The van der Waals surface area contributed by atoms with E-state index in [9.17, 15) is 9.59 Å². The minimum absolute atomic E-state index is 0.0798. The first kappa shape index (κ1) is 32.8. The predicted octanol–water partition coefficient (Wildman–Crippen LogP) is 5.18. The molecule has 0 unspecified atom stereocenters. The fourth-order valence-corrected chi connectivity index (χ4v) is 5.87. The summed E-state index contributed by atoms with van der Waals surface area (Å²) in [5.74, 6) is 2.08. The van der Waals surface area contributed by atoms with Crippen LogP contribution in [0.15, 0.2) is 24.3 Å². The lowest BCUT2D eigenvalue weighted by molar-refractivity contribution is -0.935. The number of aliphatic carboxylic acids is 1. The van der Waals surface area contributed by atoms with Gasteiger partial charge in [0.2, 0.25) is 5.75 Å². The SMILES string of the molecule is COc1cc2c(cc1OC)[C@@H](c1cc(OC)c(OC)c(OC)c1)[N@+](C)(CCCOC(=O)CCCCCCC(=O)O)CC2. The van der Waals surface area contributed by atoms with E-state index in [-0.39, 0.29) is 18.4 Å². The number of carbonyl (C=O) groups excluding carboxylic acids is 1. The smallest absolute Gasteiger partial charge is 0.305 e. The Morgan fingerprint density at radius 1 is 0.786 bits per heavy atom. The summed E-state index contributed by atoms with van der Waals surface area (Å²) >= 11 is 0. The molecule has 1 heterocycles. The van der Waals surface area contributed by atoms with Crippen molar-refractivity contribution in [3.8, 4) is 28.7 Å². The number of methoxy groups -OCH3 is 5. The third-order valence-electron chi connectivity index (χ3n) is 8.06. The van der Waals surface area contributed by atoms with Crippen molar-refractivity contribution in [3.05, 3.63) is 41.0 Å². The molecule has 2 aromatic carbocycles. The molecule has 0 amide bonds. The first-order valence-electron chi connectivity index (χ1n) is 14.5. The largest absolute Gasteiger partial charge is 0.493 e. The number of ether oxygens (including phenoxy) is 6. The second kappa shape index (κ2) is 15.5. The number of benzene rings is 2. The molecule has 2 atom stereocenters. The number of esters is 1. The first-order chi connectivity index (χ1) is 20.2. The number of unbranched alkanes of at least 4 members (excludes halogenated alkanes) is 3. The van der Waals surface area contributed by atoms with Crippen LogP contribution < -0.4 is 23.7 Å². The molecule has 0 saturated carbocycles. The van der Waals surface area contributed by atoms with Gasteiger partial charge in [-0.3, -0.25) is 9.59 Å². The zero-order valence-electron chi connectivity index (χ0n) is 25.8. The lowest BCUT2D eigenvalue weighted by Crippen LogP contribution is -2.52. The summed E-state index contributed by atoms with van der Waals surface area (Å²) in [5.41, 5.74) is 3.34. The highest BCUT2D eigenvalue weighted by molar-refractivity contribution is 5.69. The Hall–Kier alpha value is -3.66. The van der Waals surface area contributed by atoms with Crippen LogP contribution in [0.5, 0.6) is 28.7 Å².